The van der Waals surface area contributed by atoms with E-state index in [1.165, 1.54) is 11.8 Å². The third kappa shape index (κ3) is 5.35. The van der Waals surface area contributed by atoms with Crippen molar-refractivity contribution in [2.24, 2.45) is 0 Å². The lowest BCUT2D eigenvalue weighted by Crippen LogP contribution is -2.40. The number of benzene rings is 2. The first-order chi connectivity index (χ1) is 12.0. The van der Waals surface area contributed by atoms with E-state index in [0.29, 0.717) is 13.0 Å². The minimum Gasteiger partial charge on any atom is -0.497 e. The van der Waals surface area contributed by atoms with Crippen LogP contribution >= 0.6 is 0 Å². The molecule has 132 valence electrons. The SMILES string of the molecule is COc1cccc(CCNC(=O)CN(C(C)=O)c2ccccc2C)c1. The van der Waals surface area contributed by atoms with Crippen LogP contribution in [0.4, 0.5) is 5.69 Å². The Morgan fingerprint density at radius 3 is 2.56 bits per heavy atom. The lowest BCUT2D eigenvalue weighted by molar-refractivity contribution is -0.123. The Kier molecular flexibility index (Phi) is 6.57. The van der Waals surface area contributed by atoms with Crippen molar-refractivity contribution in [3.63, 3.8) is 0 Å². The molecule has 0 unspecified atom stereocenters. The van der Waals surface area contributed by atoms with Crippen molar-refractivity contribution in [1.82, 2.24) is 5.32 Å². The average molecular weight is 340 g/mol. The summed E-state index contributed by atoms with van der Waals surface area (Å²) in [6.45, 7) is 3.91. The lowest BCUT2D eigenvalue weighted by atomic mass is 10.1. The predicted molar refractivity (Wildman–Crippen MR) is 98.9 cm³/mol. The third-order valence-corrected chi connectivity index (χ3v) is 3.96. The van der Waals surface area contributed by atoms with Crippen molar-refractivity contribution >= 4 is 17.5 Å². The van der Waals surface area contributed by atoms with E-state index in [1.807, 2.05) is 55.5 Å². The summed E-state index contributed by atoms with van der Waals surface area (Å²) in [6.07, 6.45) is 0.702. The largest absolute Gasteiger partial charge is 0.497 e. The van der Waals surface area contributed by atoms with Gasteiger partial charge in [0.05, 0.1) is 7.11 Å². The zero-order chi connectivity index (χ0) is 18.2. The maximum atomic E-state index is 12.2. The summed E-state index contributed by atoms with van der Waals surface area (Å²) >= 11 is 0. The third-order valence-electron chi connectivity index (χ3n) is 3.96. The number of para-hydroxylation sites is 1. The van der Waals surface area contributed by atoms with Crippen molar-refractivity contribution in [3.05, 3.63) is 59.7 Å². The van der Waals surface area contributed by atoms with Crippen LogP contribution in [0.5, 0.6) is 5.75 Å². The van der Waals surface area contributed by atoms with Crippen LogP contribution in [0, 0.1) is 6.92 Å². The molecule has 5 nitrogen and oxygen atoms in total. The molecule has 25 heavy (non-hydrogen) atoms. The van der Waals surface area contributed by atoms with Gasteiger partial charge in [-0.15, -0.1) is 0 Å². The van der Waals surface area contributed by atoms with Gasteiger partial charge in [-0.1, -0.05) is 30.3 Å². The zero-order valence-electron chi connectivity index (χ0n) is 14.9. The van der Waals surface area contributed by atoms with Crippen LogP contribution in [0.15, 0.2) is 48.5 Å². The number of nitrogens with zero attached hydrogens (tertiary/aromatic N) is 1. The molecule has 0 bridgehead atoms. The highest BCUT2D eigenvalue weighted by Crippen LogP contribution is 2.19. The molecule has 0 radical (unpaired) electrons. The maximum absolute atomic E-state index is 12.2. The molecule has 5 heteroatoms. The molecule has 0 spiro atoms. The molecule has 0 aromatic heterocycles. The molecule has 0 saturated carbocycles. The molecule has 2 aromatic rings. The lowest BCUT2D eigenvalue weighted by Gasteiger charge is -2.22. The van der Waals surface area contributed by atoms with E-state index in [2.05, 4.69) is 5.32 Å². The number of aryl methyl sites for hydroxylation is 1. The zero-order valence-corrected chi connectivity index (χ0v) is 14.9. The topological polar surface area (TPSA) is 58.6 Å². The van der Waals surface area contributed by atoms with E-state index in [-0.39, 0.29) is 18.4 Å². The number of carbonyl (C=O) groups is 2. The fraction of sp³-hybridized carbons (Fsp3) is 0.300. The number of nitrogens with one attached hydrogen (secondary N) is 1. The molecule has 2 amide bonds. The van der Waals surface area contributed by atoms with Crippen molar-refractivity contribution in [1.29, 1.82) is 0 Å². The van der Waals surface area contributed by atoms with E-state index in [0.717, 1.165) is 22.6 Å². The fourth-order valence-electron chi connectivity index (χ4n) is 2.61. The second-order valence-electron chi connectivity index (χ2n) is 5.84. The van der Waals surface area contributed by atoms with Gasteiger partial charge >= 0.3 is 0 Å². The van der Waals surface area contributed by atoms with Gasteiger partial charge in [0.1, 0.15) is 12.3 Å². The number of carbonyl (C=O) groups excluding carboxylic acids is 2. The van der Waals surface area contributed by atoms with Gasteiger partial charge in [-0.3, -0.25) is 9.59 Å². The van der Waals surface area contributed by atoms with Gasteiger partial charge in [0, 0.05) is 19.2 Å². The summed E-state index contributed by atoms with van der Waals surface area (Å²) < 4.78 is 5.19. The first-order valence-corrected chi connectivity index (χ1v) is 8.24. The van der Waals surface area contributed by atoms with Crippen LogP contribution in [-0.4, -0.2) is 32.0 Å². The summed E-state index contributed by atoms with van der Waals surface area (Å²) in [5.41, 5.74) is 2.81. The van der Waals surface area contributed by atoms with Crippen LogP contribution in [0.2, 0.25) is 0 Å². The van der Waals surface area contributed by atoms with Crippen LogP contribution in [0.3, 0.4) is 0 Å². The van der Waals surface area contributed by atoms with Crippen molar-refractivity contribution < 1.29 is 14.3 Å². The van der Waals surface area contributed by atoms with Crippen molar-refractivity contribution in [2.75, 3.05) is 25.1 Å². The first-order valence-electron chi connectivity index (χ1n) is 8.24. The minimum absolute atomic E-state index is 0.0122. The Bertz CT molecular complexity index is 743. The molecule has 0 saturated heterocycles. The number of hydrogen-bond acceptors (Lipinski definition) is 3. The molecule has 2 aromatic carbocycles. The molecule has 0 atom stereocenters. The van der Waals surface area contributed by atoms with Gasteiger partial charge in [-0.05, 0) is 42.7 Å². The maximum Gasteiger partial charge on any atom is 0.240 e. The Balaban J connectivity index is 1.91. The molecule has 0 aliphatic carbocycles. The number of rotatable bonds is 7. The van der Waals surface area contributed by atoms with Gasteiger partial charge in [-0.25, -0.2) is 0 Å². The monoisotopic (exact) mass is 340 g/mol. The Morgan fingerprint density at radius 1 is 1.12 bits per heavy atom. The number of amides is 2. The number of hydrogen-bond donors (Lipinski definition) is 1. The van der Waals surface area contributed by atoms with Gasteiger partial charge in [0.15, 0.2) is 0 Å². The van der Waals surface area contributed by atoms with Gasteiger partial charge in [-0.2, -0.15) is 0 Å². The van der Waals surface area contributed by atoms with E-state index in [4.69, 9.17) is 4.74 Å². The van der Waals surface area contributed by atoms with E-state index < -0.39 is 0 Å². The molecule has 0 fully saturated rings. The molecule has 2 rings (SSSR count). The summed E-state index contributed by atoms with van der Waals surface area (Å²) in [5, 5.41) is 2.87. The summed E-state index contributed by atoms with van der Waals surface area (Å²) in [5.74, 6) is 0.463. The number of ether oxygens (including phenoxy) is 1. The Labute approximate surface area is 148 Å². The summed E-state index contributed by atoms with van der Waals surface area (Å²) in [6, 6.07) is 15.3. The first kappa shape index (κ1) is 18.5. The van der Waals surface area contributed by atoms with Crippen molar-refractivity contribution in [3.8, 4) is 5.75 Å². The summed E-state index contributed by atoms with van der Waals surface area (Å²) in [4.78, 5) is 25.7. The molecule has 0 aliphatic rings. The molecule has 0 aliphatic heterocycles. The fourth-order valence-corrected chi connectivity index (χ4v) is 2.61. The summed E-state index contributed by atoms with van der Waals surface area (Å²) in [7, 11) is 1.63. The highest BCUT2D eigenvalue weighted by molar-refractivity contribution is 5.98. The standard InChI is InChI=1S/C20H24N2O3/c1-15-7-4-5-10-19(15)22(16(2)23)14-20(24)21-12-11-17-8-6-9-18(13-17)25-3/h4-10,13H,11-12,14H2,1-3H3,(H,21,24). The van der Waals surface area contributed by atoms with Crippen LogP contribution in [0.1, 0.15) is 18.1 Å². The minimum atomic E-state index is -0.179. The number of methoxy groups -OCH3 is 1. The molecule has 0 heterocycles. The van der Waals surface area contributed by atoms with Gasteiger partial charge in [0.2, 0.25) is 11.8 Å². The second-order valence-corrected chi connectivity index (χ2v) is 5.84. The predicted octanol–water partition coefficient (Wildman–Crippen LogP) is 2.72. The highest BCUT2D eigenvalue weighted by atomic mass is 16.5. The molecular weight excluding hydrogens is 316 g/mol. The normalized spacial score (nSPS) is 10.2. The second kappa shape index (κ2) is 8.87. The Hall–Kier alpha value is -2.82. The molecular formula is C20H24N2O3. The van der Waals surface area contributed by atoms with Gasteiger partial charge in [0.25, 0.3) is 0 Å². The van der Waals surface area contributed by atoms with Crippen LogP contribution in [0.25, 0.3) is 0 Å². The van der Waals surface area contributed by atoms with E-state index in [9.17, 15) is 9.59 Å². The van der Waals surface area contributed by atoms with E-state index >= 15 is 0 Å². The molecule has 1 N–H and O–H groups in total. The van der Waals surface area contributed by atoms with E-state index in [1.54, 1.807) is 7.11 Å². The smallest absolute Gasteiger partial charge is 0.240 e. The van der Waals surface area contributed by atoms with Crippen LogP contribution < -0.4 is 15.0 Å². The quantitative estimate of drug-likeness (QED) is 0.843. The van der Waals surface area contributed by atoms with Gasteiger partial charge < -0.3 is 15.0 Å². The van der Waals surface area contributed by atoms with Crippen molar-refractivity contribution in [2.45, 2.75) is 20.3 Å². The average Bonchev–Trinajstić information content (AvgIpc) is 2.60. The van der Waals surface area contributed by atoms with Crippen LogP contribution in [-0.2, 0) is 16.0 Å². The number of anilines is 1. The Morgan fingerprint density at radius 2 is 1.88 bits per heavy atom. The highest BCUT2D eigenvalue weighted by Gasteiger charge is 2.16.